The molecule has 31 heavy (non-hydrogen) atoms. The van der Waals surface area contributed by atoms with E-state index in [9.17, 15) is 9.18 Å². The van der Waals surface area contributed by atoms with E-state index in [4.69, 9.17) is 14.2 Å². The first-order chi connectivity index (χ1) is 15.1. The van der Waals surface area contributed by atoms with E-state index in [2.05, 4.69) is 4.90 Å². The largest absolute Gasteiger partial charge is 0.494 e. The van der Waals surface area contributed by atoms with Gasteiger partial charge >= 0.3 is 0 Å². The van der Waals surface area contributed by atoms with Crippen LogP contribution in [0.15, 0.2) is 36.4 Å². The summed E-state index contributed by atoms with van der Waals surface area (Å²) in [5.74, 6) is 1.63. The van der Waals surface area contributed by atoms with Gasteiger partial charge in [-0.1, -0.05) is 12.1 Å². The van der Waals surface area contributed by atoms with E-state index in [0.717, 1.165) is 42.1 Å². The van der Waals surface area contributed by atoms with Gasteiger partial charge in [-0.25, -0.2) is 4.39 Å². The number of rotatable bonds is 6. The number of methoxy groups -OCH3 is 1. The van der Waals surface area contributed by atoms with Crippen LogP contribution in [0.4, 0.5) is 4.39 Å². The van der Waals surface area contributed by atoms with E-state index in [-0.39, 0.29) is 17.5 Å². The van der Waals surface area contributed by atoms with E-state index in [1.807, 2.05) is 29.2 Å². The van der Waals surface area contributed by atoms with Crippen molar-refractivity contribution in [2.24, 2.45) is 0 Å². The molecule has 0 spiro atoms. The topological polar surface area (TPSA) is 51.2 Å². The number of benzene rings is 2. The zero-order valence-corrected chi connectivity index (χ0v) is 17.9. The van der Waals surface area contributed by atoms with Crippen LogP contribution < -0.4 is 14.2 Å². The van der Waals surface area contributed by atoms with E-state index < -0.39 is 0 Å². The minimum atomic E-state index is -0.344. The van der Waals surface area contributed by atoms with Gasteiger partial charge < -0.3 is 19.1 Å². The van der Waals surface area contributed by atoms with E-state index >= 15 is 0 Å². The maximum atomic E-state index is 13.9. The van der Waals surface area contributed by atoms with Gasteiger partial charge in [0.25, 0.3) is 0 Å². The molecule has 0 unspecified atom stereocenters. The molecular weight excluding hydrogens is 399 g/mol. The predicted octanol–water partition coefficient (Wildman–Crippen LogP) is 3.27. The second-order valence-corrected chi connectivity index (χ2v) is 7.96. The number of fused-ring (bicyclic) bond motifs is 1. The molecule has 2 aromatic rings. The number of aryl methyl sites for hydroxylation is 1. The third-order valence-corrected chi connectivity index (χ3v) is 5.79. The highest BCUT2D eigenvalue weighted by Gasteiger charge is 2.21. The summed E-state index contributed by atoms with van der Waals surface area (Å²) in [4.78, 5) is 16.9. The van der Waals surface area contributed by atoms with E-state index in [0.29, 0.717) is 45.7 Å². The lowest BCUT2D eigenvalue weighted by atomic mass is 10.1. The van der Waals surface area contributed by atoms with Crippen LogP contribution in [0.3, 0.4) is 0 Å². The summed E-state index contributed by atoms with van der Waals surface area (Å²) in [5, 5.41) is 0. The monoisotopic (exact) mass is 428 g/mol. The number of nitrogens with zero attached hydrogens (tertiary/aromatic N) is 2. The lowest BCUT2D eigenvalue weighted by Gasteiger charge is -2.35. The minimum absolute atomic E-state index is 0.169. The highest BCUT2D eigenvalue weighted by molar-refractivity contribution is 5.76. The summed E-state index contributed by atoms with van der Waals surface area (Å²) in [5.41, 5.74) is 1.99. The molecule has 2 heterocycles. The number of ether oxygens (including phenoxy) is 3. The Hall–Kier alpha value is -2.80. The zero-order valence-electron chi connectivity index (χ0n) is 17.9. The maximum Gasteiger partial charge on any atom is 0.222 e. The number of hydrogen-bond donors (Lipinski definition) is 0. The van der Waals surface area contributed by atoms with Gasteiger partial charge in [-0.2, -0.15) is 0 Å². The third kappa shape index (κ3) is 5.47. The van der Waals surface area contributed by atoms with Crippen molar-refractivity contribution in [3.05, 3.63) is 53.3 Å². The third-order valence-electron chi connectivity index (χ3n) is 5.79. The number of piperazine rings is 1. The van der Waals surface area contributed by atoms with Crippen LogP contribution in [-0.4, -0.2) is 62.2 Å². The van der Waals surface area contributed by atoms with Crippen molar-refractivity contribution in [2.75, 3.05) is 46.5 Å². The minimum Gasteiger partial charge on any atom is -0.494 e. The van der Waals surface area contributed by atoms with Crippen molar-refractivity contribution in [1.29, 1.82) is 0 Å². The molecule has 0 atom stereocenters. The van der Waals surface area contributed by atoms with Crippen LogP contribution in [0.1, 0.15) is 24.0 Å². The predicted molar refractivity (Wildman–Crippen MR) is 115 cm³/mol. The highest BCUT2D eigenvalue weighted by atomic mass is 19.1. The fraction of sp³-hybridized carbons (Fsp3) is 0.458. The smallest absolute Gasteiger partial charge is 0.222 e. The summed E-state index contributed by atoms with van der Waals surface area (Å²) in [7, 11) is 1.46. The Morgan fingerprint density at radius 3 is 2.48 bits per heavy atom. The van der Waals surface area contributed by atoms with Crippen molar-refractivity contribution < 1.29 is 23.4 Å². The van der Waals surface area contributed by atoms with Crippen molar-refractivity contribution in [3.8, 4) is 17.2 Å². The molecule has 166 valence electrons. The van der Waals surface area contributed by atoms with Gasteiger partial charge in [0.15, 0.2) is 23.1 Å². The molecule has 7 heteroatoms. The standard InChI is InChI=1S/C24H29FN2O4/c1-29-21-6-4-19(15-20(21)25)17-26-9-11-27(12-10-26)24(28)8-5-18-3-7-22-23(16-18)31-14-2-13-30-22/h3-4,6-7,15-16H,2,5,8-14,17H2,1H3. The van der Waals surface area contributed by atoms with Crippen molar-refractivity contribution >= 4 is 5.91 Å². The SMILES string of the molecule is COc1ccc(CN2CCN(C(=O)CCc3ccc4c(c3)OCCCO4)CC2)cc1F. The first-order valence-corrected chi connectivity index (χ1v) is 10.8. The molecule has 2 aliphatic heterocycles. The van der Waals surface area contributed by atoms with Crippen molar-refractivity contribution in [3.63, 3.8) is 0 Å². The summed E-state index contributed by atoms with van der Waals surface area (Å²) < 4.78 is 30.3. The molecule has 1 fully saturated rings. The molecule has 2 aliphatic rings. The molecule has 0 radical (unpaired) electrons. The molecule has 0 aromatic heterocycles. The molecule has 6 nitrogen and oxygen atoms in total. The van der Waals surface area contributed by atoms with Gasteiger partial charge in [-0.15, -0.1) is 0 Å². The second-order valence-electron chi connectivity index (χ2n) is 7.96. The molecule has 0 aliphatic carbocycles. The van der Waals surface area contributed by atoms with Crippen LogP contribution in [0.25, 0.3) is 0 Å². The zero-order chi connectivity index (χ0) is 21.6. The van der Waals surface area contributed by atoms with Gasteiger partial charge in [0, 0.05) is 45.6 Å². The van der Waals surface area contributed by atoms with E-state index in [1.54, 1.807) is 6.07 Å². The molecule has 0 saturated carbocycles. The van der Waals surface area contributed by atoms with Crippen molar-refractivity contribution in [2.45, 2.75) is 25.8 Å². The van der Waals surface area contributed by atoms with Crippen LogP contribution >= 0.6 is 0 Å². The molecule has 0 N–H and O–H groups in total. The average molecular weight is 429 g/mol. The Bertz CT molecular complexity index is 912. The first-order valence-electron chi connectivity index (χ1n) is 10.8. The van der Waals surface area contributed by atoms with Crippen LogP contribution in [0.5, 0.6) is 17.2 Å². The van der Waals surface area contributed by atoms with Gasteiger partial charge in [-0.3, -0.25) is 9.69 Å². The van der Waals surface area contributed by atoms with Gasteiger partial charge in [0.2, 0.25) is 5.91 Å². The van der Waals surface area contributed by atoms with Gasteiger partial charge in [0.05, 0.1) is 20.3 Å². The highest BCUT2D eigenvalue weighted by Crippen LogP contribution is 2.30. The number of carbonyl (C=O) groups excluding carboxylic acids is 1. The van der Waals surface area contributed by atoms with Crippen LogP contribution in [0, 0.1) is 5.82 Å². The number of amides is 1. The summed E-state index contributed by atoms with van der Waals surface area (Å²) in [6, 6.07) is 11.0. The second kappa shape index (κ2) is 10.0. The summed E-state index contributed by atoms with van der Waals surface area (Å²) in [6.45, 7) is 4.94. The molecule has 1 saturated heterocycles. The lowest BCUT2D eigenvalue weighted by molar-refractivity contribution is -0.133. The van der Waals surface area contributed by atoms with E-state index in [1.165, 1.54) is 13.2 Å². The van der Waals surface area contributed by atoms with Gasteiger partial charge in [-0.05, 0) is 41.8 Å². The molecule has 4 rings (SSSR count). The maximum absolute atomic E-state index is 13.9. The lowest BCUT2D eigenvalue weighted by Crippen LogP contribution is -2.48. The fourth-order valence-corrected chi connectivity index (χ4v) is 3.99. The summed E-state index contributed by atoms with van der Waals surface area (Å²) in [6.07, 6.45) is 2.03. The number of hydrogen-bond acceptors (Lipinski definition) is 5. The Morgan fingerprint density at radius 2 is 1.74 bits per heavy atom. The normalized spacial score (nSPS) is 16.6. The molecular formula is C24H29FN2O4. The molecule has 0 bridgehead atoms. The first kappa shape index (κ1) is 21.4. The molecule has 1 amide bonds. The number of carbonyl (C=O) groups is 1. The molecule has 2 aromatic carbocycles. The van der Waals surface area contributed by atoms with Crippen LogP contribution in [0.2, 0.25) is 0 Å². The Labute approximate surface area is 182 Å². The Morgan fingerprint density at radius 1 is 1.00 bits per heavy atom. The Balaban J connectivity index is 1.24. The Kier molecular flexibility index (Phi) is 6.92. The van der Waals surface area contributed by atoms with Crippen molar-refractivity contribution in [1.82, 2.24) is 9.80 Å². The van der Waals surface area contributed by atoms with Gasteiger partial charge in [0.1, 0.15) is 0 Å². The number of halogens is 1. The van der Waals surface area contributed by atoms with Crippen LogP contribution in [-0.2, 0) is 17.8 Å². The fourth-order valence-electron chi connectivity index (χ4n) is 3.99. The summed E-state index contributed by atoms with van der Waals surface area (Å²) >= 11 is 0. The average Bonchev–Trinajstić information content (AvgIpc) is 3.03. The quantitative estimate of drug-likeness (QED) is 0.707.